The fourth-order valence-electron chi connectivity index (χ4n) is 2.24. The van der Waals surface area contributed by atoms with Gasteiger partial charge in [-0.2, -0.15) is 0 Å². The summed E-state index contributed by atoms with van der Waals surface area (Å²) in [6.45, 7) is 4.57. The average molecular weight is 315 g/mol. The molecule has 2 aromatic carbocycles. The zero-order valence-electron chi connectivity index (χ0n) is 13.5. The van der Waals surface area contributed by atoms with E-state index in [1.54, 1.807) is 0 Å². The van der Waals surface area contributed by atoms with Gasteiger partial charge < -0.3 is 10.1 Å². The van der Waals surface area contributed by atoms with Crippen LogP contribution in [0.5, 0.6) is 5.75 Å². The zero-order chi connectivity index (χ0) is 16.7. The first kappa shape index (κ1) is 17.0. The molecule has 1 N–H and O–H groups in total. The fourth-order valence-corrected chi connectivity index (χ4v) is 2.24. The summed E-state index contributed by atoms with van der Waals surface area (Å²) in [6.07, 6.45) is 1.84. The molecule has 4 heteroatoms. The number of hydrogen-bond donors (Lipinski definition) is 1. The van der Waals surface area contributed by atoms with Crippen LogP contribution in [-0.4, -0.2) is 18.6 Å². The van der Waals surface area contributed by atoms with E-state index >= 15 is 0 Å². The van der Waals surface area contributed by atoms with Crippen molar-refractivity contribution in [2.24, 2.45) is 0 Å². The number of amides is 1. The lowest BCUT2D eigenvalue weighted by atomic mass is 10.1. The molecule has 0 aliphatic heterocycles. The predicted molar refractivity (Wildman–Crippen MR) is 89.3 cm³/mol. The van der Waals surface area contributed by atoms with Gasteiger partial charge in [-0.05, 0) is 68.7 Å². The van der Waals surface area contributed by atoms with E-state index < -0.39 is 0 Å². The predicted octanol–water partition coefficient (Wildman–Crippen LogP) is 3.98. The molecule has 0 atom stereocenters. The average Bonchev–Trinajstić information content (AvgIpc) is 2.52. The van der Waals surface area contributed by atoms with Crippen molar-refractivity contribution in [2.75, 3.05) is 6.54 Å². The van der Waals surface area contributed by atoms with Crippen molar-refractivity contribution in [2.45, 2.75) is 32.8 Å². The van der Waals surface area contributed by atoms with Crippen LogP contribution in [0.15, 0.2) is 48.5 Å². The molecule has 2 aromatic rings. The number of aryl methyl sites for hydroxylation is 1. The monoisotopic (exact) mass is 315 g/mol. The summed E-state index contributed by atoms with van der Waals surface area (Å²) in [5.41, 5.74) is 1.65. The highest BCUT2D eigenvalue weighted by atomic mass is 19.1. The van der Waals surface area contributed by atoms with Gasteiger partial charge in [-0.25, -0.2) is 4.39 Å². The lowest BCUT2D eigenvalue weighted by Crippen LogP contribution is -2.24. The molecule has 0 aromatic heterocycles. The molecule has 1 amide bonds. The lowest BCUT2D eigenvalue weighted by molar-refractivity contribution is 0.0953. The summed E-state index contributed by atoms with van der Waals surface area (Å²) in [7, 11) is 0. The van der Waals surface area contributed by atoms with Gasteiger partial charge in [0.2, 0.25) is 0 Å². The molecule has 0 radical (unpaired) electrons. The second-order valence-corrected chi connectivity index (χ2v) is 5.68. The molecule has 0 aliphatic rings. The number of ether oxygens (including phenoxy) is 1. The maximum absolute atomic E-state index is 12.8. The number of rotatable bonds is 7. The van der Waals surface area contributed by atoms with Crippen molar-refractivity contribution in [1.82, 2.24) is 5.32 Å². The van der Waals surface area contributed by atoms with Crippen LogP contribution < -0.4 is 10.1 Å². The minimum Gasteiger partial charge on any atom is -0.491 e. The standard InChI is InChI=1S/C19H22FNO2/c1-14(2)23-18-7-3-5-15(13-18)6-4-12-21-19(22)16-8-10-17(20)11-9-16/h3,5,7-11,13-14H,4,6,12H2,1-2H3,(H,21,22). The molecule has 122 valence electrons. The van der Waals surface area contributed by atoms with Gasteiger partial charge in [0, 0.05) is 12.1 Å². The number of nitrogens with one attached hydrogen (secondary N) is 1. The van der Waals surface area contributed by atoms with Crippen molar-refractivity contribution >= 4 is 5.91 Å². The summed E-state index contributed by atoms with van der Waals surface area (Å²) in [6, 6.07) is 13.5. The Morgan fingerprint density at radius 2 is 1.91 bits per heavy atom. The SMILES string of the molecule is CC(C)Oc1cccc(CCCNC(=O)c2ccc(F)cc2)c1. The van der Waals surface area contributed by atoms with Gasteiger partial charge in [0.05, 0.1) is 6.10 Å². The van der Waals surface area contributed by atoms with E-state index in [2.05, 4.69) is 11.4 Å². The van der Waals surface area contributed by atoms with Crippen molar-refractivity contribution in [3.05, 3.63) is 65.5 Å². The second-order valence-electron chi connectivity index (χ2n) is 5.68. The molecule has 0 spiro atoms. The molecular formula is C19H22FNO2. The third kappa shape index (κ3) is 5.74. The Hall–Kier alpha value is -2.36. The van der Waals surface area contributed by atoms with Gasteiger partial charge >= 0.3 is 0 Å². The Morgan fingerprint density at radius 3 is 2.61 bits per heavy atom. The van der Waals surface area contributed by atoms with E-state index in [9.17, 15) is 9.18 Å². The van der Waals surface area contributed by atoms with Gasteiger partial charge in [-0.3, -0.25) is 4.79 Å². The van der Waals surface area contributed by atoms with Crippen LogP contribution >= 0.6 is 0 Å². The second kappa shape index (κ2) is 8.32. The molecule has 0 heterocycles. The Bertz CT molecular complexity index is 638. The summed E-state index contributed by atoms with van der Waals surface area (Å²) in [4.78, 5) is 11.9. The summed E-state index contributed by atoms with van der Waals surface area (Å²) in [5, 5.41) is 2.84. The largest absolute Gasteiger partial charge is 0.491 e. The first-order valence-electron chi connectivity index (χ1n) is 7.84. The van der Waals surface area contributed by atoms with Crippen LogP contribution in [0.25, 0.3) is 0 Å². The topological polar surface area (TPSA) is 38.3 Å². The van der Waals surface area contributed by atoms with Gasteiger partial charge in [-0.1, -0.05) is 12.1 Å². The van der Waals surface area contributed by atoms with E-state index in [0.717, 1.165) is 18.6 Å². The molecule has 0 saturated heterocycles. The molecule has 23 heavy (non-hydrogen) atoms. The summed E-state index contributed by atoms with van der Waals surface area (Å²) in [5.74, 6) is 0.347. The Balaban J connectivity index is 1.77. The minimum atomic E-state index is -0.343. The van der Waals surface area contributed by atoms with Gasteiger partial charge in [-0.15, -0.1) is 0 Å². The number of carbonyl (C=O) groups excluding carboxylic acids is 1. The molecule has 0 saturated carbocycles. The van der Waals surface area contributed by atoms with Crippen LogP contribution in [-0.2, 0) is 6.42 Å². The van der Waals surface area contributed by atoms with E-state index in [1.807, 2.05) is 32.0 Å². The first-order valence-corrected chi connectivity index (χ1v) is 7.84. The van der Waals surface area contributed by atoms with E-state index in [4.69, 9.17) is 4.74 Å². The van der Waals surface area contributed by atoms with Gasteiger partial charge in [0.15, 0.2) is 0 Å². The lowest BCUT2D eigenvalue weighted by Gasteiger charge is -2.11. The Labute approximate surface area is 136 Å². The number of hydrogen-bond acceptors (Lipinski definition) is 2. The van der Waals surface area contributed by atoms with Gasteiger partial charge in [0.1, 0.15) is 11.6 Å². The maximum Gasteiger partial charge on any atom is 0.251 e. The van der Waals surface area contributed by atoms with Crippen molar-refractivity contribution < 1.29 is 13.9 Å². The number of carbonyl (C=O) groups is 1. The van der Waals surface area contributed by atoms with Gasteiger partial charge in [0.25, 0.3) is 5.91 Å². The minimum absolute atomic E-state index is 0.153. The van der Waals surface area contributed by atoms with Crippen LogP contribution in [0.2, 0.25) is 0 Å². The molecular weight excluding hydrogens is 293 g/mol. The van der Waals surface area contributed by atoms with Crippen molar-refractivity contribution in [1.29, 1.82) is 0 Å². The smallest absolute Gasteiger partial charge is 0.251 e. The van der Waals surface area contributed by atoms with Crippen molar-refractivity contribution in [3.8, 4) is 5.75 Å². The molecule has 0 fully saturated rings. The van der Waals surface area contributed by atoms with Crippen LogP contribution in [0.1, 0.15) is 36.2 Å². The van der Waals surface area contributed by atoms with E-state index in [1.165, 1.54) is 29.8 Å². The molecule has 3 nitrogen and oxygen atoms in total. The highest BCUT2D eigenvalue weighted by molar-refractivity contribution is 5.94. The normalized spacial score (nSPS) is 10.6. The summed E-state index contributed by atoms with van der Waals surface area (Å²) < 4.78 is 18.5. The third-order valence-electron chi connectivity index (χ3n) is 3.30. The molecule has 0 unspecified atom stereocenters. The molecule has 0 bridgehead atoms. The molecule has 2 rings (SSSR count). The van der Waals surface area contributed by atoms with E-state index in [0.29, 0.717) is 12.1 Å². The number of benzene rings is 2. The number of halogens is 1. The van der Waals surface area contributed by atoms with Crippen LogP contribution in [0.3, 0.4) is 0 Å². The maximum atomic E-state index is 12.8. The van der Waals surface area contributed by atoms with Crippen LogP contribution in [0.4, 0.5) is 4.39 Å². The highest BCUT2D eigenvalue weighted by Gasteiger charge is 2.05. The third-order valence-corrected chi connectivity index (χ3v) is 3.30. The van der Waals surface area contributed by atoms with E-state index in [-0.39, 0.29) is 17.8 Å². The molecule has 0 aliphatic carbocycles. The Kier molecular flexibility index (Phi) is 6.15. The van der Waals surface area contributed by atoms with Crippen molar-refractivity contribution in [3.63, 3.8) is 0 Å². The Morgan fingerprint density at radius 1 is 1.17 bits per heavy atom. The summed E-state index contributed by atoms with van der Waals surface area (Å²) >= 11 is 0. The fraction of sp³-hybridized carbons (Fsp3) is 0.316. The first-order chi connectivity index (χ1) is 11.0. The zero-order valence-corrected chi connectivity index (χ0v) is 13.5. The quantitative estimate of drug-likeness (QED) is 0.785. The van der Waals surface area contributed by atoms with Crippen LogP contribution in [0, 0.1) is 5.82 Å². The highest BCUT2D eigenvalue weighted by Crippen LogP contribution is 2.16.